The number of piperazine rings is 1. The first-order valence-corrected chi connectivity index (χ1v) is 11.6. The molecule has 0 spiro atoms. The van der Waals surface area contributed by atoms with Crippen molar-refractivity contribution < 1.29 is 14.3 Å². The van der Waals surface area contributed by atoms with E-state index in [2.05, 4.69) is 17.3 Å². The topological polar surface area (TPSA) is 79.8 Å². The maximum atomic E-state index is 13.2. The van der Waals surface area contributed by atoms with Crippen LogP contribution in [0.25, 0.3) is 10.9 Å². The molecular formula is C24H33N5O3. The van der Waals surface area contributed by atoms with Crippen LogP contribution in [0.2, 0.25) is 0 Å². The molecule has 0 radical (unpaired) electrons. The molecule has 4 heterocycles. The van der Waals surface area contributed by atoms with Gasteiger partial charge in [-0.05, 0) is 59.7 Å². The van der Waals surface area contributed by atoms with Crippen molar-refractivity contribution in [3.63, 3.8) is 0 Å². The smallest absolute Gasteiger partial charge is 0.411 e. The van der Waals surface area contributed by atoms with Crippen LogP contribution in [0.1, 0.15) is 45.7 Å². The number of rotatable bonds is 4. The fraction of sp³-hybridized carbons (Fsp3) is 0.625. The number of fused-ring (bicyclic) bond motifs is 3. The molecule has 1 aromatic heterocycles. The Labute approximate surface area is 189 Å². The van der Waals surface area contributed by atoms with Gasteiger partial charge in [0.15, 0.2) is 0 Å². The van der Waals surface area contributed by atoms with Gasteiger partial charge in [0.25, 0.3) is 0 Å². The highest BCUT2D eigenvalue weighted by molar-refractivity contribution is 5.83. The first-order chi connectivity index (χ1) is 15.2. The second-order valence-electron chi connectivity index (χ2n) is 10.4. The highest BCUT2D eigenvalue weighted by atomic mass is 16.6. The number of carbonyl (C=O) groups is 1. The number of ether oxygens (including phenoxy) is 2. The van der Waals surface area contributed by atoms with Crippen LogP contribution in [0.5, 0.6) is 6.01 Å². The Morgan fingerprint density at radius 2 is 2.09 bits per heavy atom. The van der Waals surface area contributed by atoms with E-state index in [4.69, 9.17) is 19.4 Å². The summed E-state index contributed by atoms with van der Waals surface area (Å²) in [5, 5.41) is 4.51. The maximum Gasteiger partial charge on any atom is 0.411 e. The van der Waals surface area contributed by atoms with Gasteiger partial charge >= 0.3 is 12.1 Å². The standard InChI is InChI=1S/C24H33N5O3/c1-23(2,3)32-22(30)29-13-16-12-24(29,15-25-16)20-18-9-5-6-10-19(18)26-21(27-20)31-14-17-8-7-11-28(17)4/h5-6,9-10,16-17,25H,7-8,11-15H2,1-4H3/t16?,17-,24?/m0/s1. The Kier molecular flexibility index (Phi) is 5.25. The van der Waals surface area contributed by atoms with Gasteiger partial charge in [-0.15, -0.1) is 0 Å². The minimum Gasteiger partial charge on any atom is -0.462 e. The third kappa shape index (κ3) is 3.79. The predicted molar refractivity (Wildman–Crippen MR) is 122 cm³/mol. The van der Waals surface area contributed by atoms with E-state index in [1.54, 1.807) is 0 Å². The van der Waals surface area contributed by atoms with E-state index in [0.717, 1.165) is 36.0 Å². The van der Waals surface area contributed by atoms with Crippen LogP contribution < -0.4 is 10.1 Å². The van der Waals surface area contributed by atoms with Crippen LogP contribution in [0.4, 0.5) is 4.79 Å². The van der Waals surface area contributed by atoms with Crippen molar-refractivity contribution in [3.8, 4) is 6.01 Å². The summed E-state index contributed by atoms with van der Waals surface area (Å²) in [5.41, 5.74) is 0.554. The zero-order valence-electron chi connectivity index (χ0n) is 19.4. The number of carbonyl (C=O) groups excluding carboxylic acids is 1. The molecule has 8 heteroatoms. The van der Waals surface area contributed by atoms with Crippen LogP contribution in [-0.2, 0) is 10.3 Å². The Balaban J connectivity index is 1.52. The molecule has 2 aromatic rings. The summed E-state index contributed by atoms with van der Waals surface area (Å²) < 4.78 is 11.9. The minimum absolute atomic E-state index is 0.229. The maximum absolute atomic E-state index is 13.2. The van der Waals surface area contributed by atoms with Gasteiger partial charge in [0, 0.05) is 30.6 Å². The molecule has 172 valence electrons. The van der Waals surface area contributed by atoms with Crippen LogP contribution in [0.15, 0.2) is 24.3 Å². The molecule has 2 bridgehead atoms. The molecule has 2 unspecified atom stereocenters. The van der Waals surface area contributed by atoms with Crippen LogP contribution in [0.3, 0.4) is 0 Å². The van der Waals surface area contributed by atoms with Crippen LogP contribution >= 0.6 is 0 Å². The lowest BCUT2D eigenvalue weighted by atomic mass is 9.91. The van der Waals surface area contributed by atoms with Crippen LogP contribution in [-0.4, -0.2) is 76.8 Å². The predicted octanol–water partition coefficient (Wildman–Crippen LogP) is 2.91. The van der Waals surface area contributed by atoms with Gasteiger partial charge in [-0.3, -0.25) is 4.90 Å². The van der Waals surface area contributed by atoms with E-state index in [1.165, 1.54) is 6.42 Å². The van der Waals surface area contributed by atoms with E-state index in [9.17, 15) is 4.79 Å². The number of hydrogen-bond acceptors (Lipinski definition) is 7. The molecule has 1 amide bonds. The van der Waals surface area contributed by atoms with E-state index in [-0.39, 0.29) is 12.1 Å². The Bertz CT molecular complexity index is 1020. The summed E-state index contributed by atoms with van der Waals surface area (Å²) in [4.78, 5) is 27.0. The molecule has 3 fully saturated rings. The van der Waals surface area contributed by atoms with Crippen LogP contribution in [0, 0.1) is 0 Å². The molecule has 8 nitrogen and oxygen atoms in total. The lowest BCUT2D eigenvalue weighted by Gasteiger charge is -2.39. The van der Waals surface area contributed by atoms with Crippen molar-refractivity contribution in [3.05, 3.63) is 30.0 Å². The third-order valence-electron chi connectivity index (χ3n) is 6.90. The largest absolute Gasteiger partial charge is 0.462 e. The second-order valence-corrected chi connectivity index (χ2v) is 10.4. The molecule has 0 saturated carbocycles. The van der Waals surface area contributed by atoms with Gasteiger partial charge < -0.3 is 19.7 Å². The molecule has 1 N–H and O–H groups in total. The monoisotopic (exact) mass is 439 g/mol. The molecular weight excluding hydrogens is 406 g/mol. The summed E-state index contributed by atoms with van der Waals surface area (Å²) in [7, 11) is 2.13. The van der Waals surface area contributed by atoms with Gasteiger partial charge in [0.1, 0.15) is 17.7 Å². The Morgan fingerprint density at radius 1 is 1.28 bits per heavy atom. The molecule has 3 aliphatic heterocycles. The molecule has 1 aromatic carbocycles. The van der Waals surface area contributed by atoms with E-state index < -0.39 is 11.1 Å². The first-order valence-electron chi connectivity index (χ1n) is 11.6. The first kappa shape index (κ1) is 21.4. The van der Waals surface area contributed by atoms with E-state index in [0.29, 0.717) is 31.7 Å². The molecule has 32 heavy (non-hydrogen) atoms. The average Bonchev–Trinajstić information content (AvgIpc) is 3.45. The molecule has 5 rings (SSSR count). The zero-order chi connectivity index (χ0) is 22.5. The third-order valence-corrected chi connectivity index (χ3v) is 6.90. The number of likely N-dealkylation sites (N-methyl/N-ethyl adjacent to an activating group) is 1. The Hall–Kier alpha value is -2.45. The summed E-state index contributed by atoms with van der Waals surface area (Å²) in [6.45, 7) is 8.61. The molecule has 3 aliphatic rings. The van der Waals surface area contributed by atoms with Crippen molar-refractivity contribution in [2.45, 2.75) is 63.3 Å². The van der Waals surface area contributed by atoms with Crippen molar-refractivity contribution in [1.82, 2.24) is 25.1 Å². The van der Waals surface area contributed by atoms with Crippen molar-refractivity contribution in [1.29, 1.82) is 0 Å². The zero-order valence-corrected chi connectivity index (χ0v) is 19.4. The lowest BCUT2D eigenvalue weighted by Crippen LogP contribution is -2.54. The highest BCUT2D eigenvalue weighted by Crippen LogP contribution is 2.45. The van der Waals surface area contributed by atoms with E-state index >= 15 is 0 Å². The number of hydrogen-bond donors (Lipinski definition) is 1. The summed E-state index contributed by atoms with van der Waals surface area (Å²) in [5.74, 6) is 0. The van der Waals surface area contributed by atoms with Gasteiger partial charge in [-0.2, -0.15) is 9.97 Å². The van der Waals surface area contributed by atoms with E-state index in [1.807, 2.05) is 49.9 Å². The number of likely N-dealkylation sites (tertiary alicyclic amines) is 2. The summed E-state index contributed by atoms with van der Waals surface area (Å²) >= 11 is 0. The van der Waals surface area contributed by atoms with Gasteiger partial charge in [0.2, 0.25) is 0 Å². The van der Waals surface area contributed by atoms with Gasteiger partial charge in [0.05, 0.1) is 11.2 Å². The number of amides is 1. The highest BCUT2D eigenvalue weighted by Gasteiger charge is 2.56. The van der Waals surface area contributed by atoms with Gasteiger partial charge in [-0.1, -0.05) is 18.2 Å². The van der Waals surface area contributed by atoms with Crippen molar-refractivity contribution >= 4 is 17.0 Å². The number of nitrogens with zero attached hydrogens (tertiary/aromatic N) is 4. The quantitative estimate of drug-likeness (QED) is 0.785. The minimum atomic E-state index is -0.572. The number of aromatic nitrogens is 2. The summed E-state index contributed by atoms with van der Waals surface area (Å²) in [6, 6.07) is 8.98. The second kappa shape index (κ2) is 7.85. The number of nitrogens with one attached hydrogen (secondary N) is 1. The average molecular weight is 440 g/mol. The van der Waals surface area contributed by atoms with Gasteiger partial charge in [-0.25, -0.2) is 4.79 Å². The summed E-state index contributed by atoms with van der Waals surface area (Å²) in [6.07, 6.45) is 2.83. The fourth-order valence-corrected chi connectivity index (χ4v) is 5.30. The number of benzene rings is 1. The molecule has 3 saturated heterocycles. The van der Waals surface area contributed by atoms with Crippen molar-refractivity contribution in [2.24, 2.45) is 0 Å². The SMILES string of the molecule is CN1CCC[C@H]1COc1nc(C23CNC(CN2C(=O)OC(C)(C)C)C3)c2ccccc2n1. The molecule has 0 aliphatic carbocycles. The Morgan fingerprint density at radius 3 is 2.81 bits per heavy atom. The normalized spacial score (nSPS) is 27.9. The number of para-hydroxylation sites is 1. The molecule has 3 atom stereocenters. The van der Waals surface area contributed by atoms with Crippen molar-refractivity contribution in [2.75, 3.05) is 33.3 Å². The lowest BCUT2D eigenvalue weighted by molar-refractivity contribution is 0.00397. The fourth-order valence-electron chi connectivity index (χ4n) is 5.30.